The summed E-state index contributed by atoms with van der Waals surface area (Å²) >= 11 is 0. The number of sulfonamides is 1. The van der Waals surface area contributed by atoms with Crippen LogP contribution >= 0.6 is 0 Å². The van der Waals surface area contributed by atoms with Crippen LogP contribution in [0.2, 0.25) is 0 Å². The van der Waals surface area contributed by atoms with Crippen LogP contribution in [0.25, 0.3) is 0 Å². The van der Waals surface area contributed by atoms with E-state index in [0.717, 1.165) is 23.2 Å². The van der Waals surface area contributed by atoms with Gasteiger partial charge in [-0.25, -0.2) is 13.1 Å². The van der Waals surface area contributed by atoms with Crippen molar-refractivity contribution in [3.8, 4) is 0 Å². The maximum atomic E-state index is 12.2. The maximum absolute atomic E-state index is 12.2. The first kappa shape index (κ1) is 17.0. The summed E-state index contributed by atoms with van der Waals surface area (Å²) < 4.78 is 26.3. The Labute approximate surface area is 132 Å². The highest BCUT2D eigenvalue weighted by molar-refractivity contribution is 7.89. The number of likely N-dealkylation sites (N-methyl/N-ethyl adjacent to an activating group) is 1. The van der Waals surface area contributed by atoms with Gasteiger partial charge in [-0.3, -0.25) is 4.79 Å². The van der Waals surface area contributed by atoms with E-state index in [2.05, 4.69) is 4.72 Å². The molecule has 1 aliphatic rings. The second-order valence-electron chi connectivity index (χ2n) is 6.33. The SMILES string of the molecule is CCCCS(=O)(=O)NCc1ccc2c(c1)C(C)(C)C(=O)N2C. The third-order valence-electron chi connectivity index (χ3n) is 4.20. The number of fused-ring (bicyclic) bond motifs is 1. The number of hydrogen-bond donors (Lipinski definition) is 1. The fourth-order valence-corrected chi connectivity index (χ4v) is 3.93. The molecule has 1 aromatic carbocycles. The van der Waals surface area contributed by atoms with Gasteiger partial charge in [0, 0.05) is 19.3 Å². The van der Waals surface area contributed by atoms with E-state index in [1.54, 1.807) is 11.9 Å². The number of hydrogen-bond acceptors (Lipinski definition) is 3. The third-order valence-corrected chi connectivity index (χ3v) is 5.61. The lowest BCUT2D eigenvalue weighted by molar-refractivity contribution is -0.121. The number of benzene rings is 1. The molecule has 2 rings (SSSR count). The van der Waals surface area contributed by atoms with Gasteiger partial charge in [0.1, 0.15) is 0 Å². The van der Waals surface area contributed by atoms with Crippen molar-refractivity contribution >= 4 is 21.6 Å². The summed E-state index contributed by atoms with van der Waals surface area (Å²) in [4.78, 5) is 13.9. The van der Waals surface area contributed by atoms with Crippen molar-refractivity contribution in [2.45, 2.75) is 45.6 Å². The molecule has 6 heteroatoms. The van der Waals surface area contributed by atoms with Crippen LogP contribution in [0.4, 0.5) is 5.69 Å². The molecular weight excluding hydrogens is 300 g/mol. The smallest absolute Gasteiger partial charge is 0.236 e. The van der Waals surface area contributed by atoms with Crippen LogP contribution in [0, 0.1) is 0 Å². The van der Waals surface area contributed by atoms with Gasteiger partial charge >= 0.3 is 0 Å². The number of nitrogens with one attached hydrogen (secondary N) is 1. The van der Waals surface area contributed by atoms with Gasteiger partial charge in [0.25, 0.3) is 0 Å². The predicted molar refractivity (Wildman–Crippen MR) is 88.4 cm³/mol. The highest BCUT2D eigenvalue weighted by Gasteiger charge is 2.42. The largest absolute Gasteiger partial charge is 0.314 e. The zero-order valence-electron chi connectivity index (χ0n) is 13.6. The number of carbonyl (C=O) groups excluding carboxylic acids is 1. The maximum Gasteiger partial charge on any atom is 0.236 e. The fourth-order valence-electron chi connectivity index (χ4n) is 2.73. The van der Waals surface area contributed by atoms with Crippen molar-refractivity contribution in [2.75, 3.05) is 17.7 Å². The van der Waals surface area contributed by atoms with E-state index in [0.29, 0.717) is 6.42 Å². The Bertz CT molecular complexity index is 681. The zero-order chi connectivity index (χ0) is 16.5. The lowest BCUT2D eigenvalue weighted by Gasteiger charge is -2.16. The normalized spacial score (nSPS) is 16.9. The van der Waals surface area contributed by atoms with Crippen LogP contribution in [0.5, 0.6) is 0 Å². The molecular formula is C16H24N2O3S. The van der Waals surface area contributed by atoms with Gasteiger partial charge in [-0.1, -0.05) is 25.5 Å². The van der Waals surface area contributed by atoms with Crippen molar-refractivity contribution in [3.63, 3.8) is 0 Å². The number of amides is 1. The minimum Gasteiger partial charge on any atom is -0.314 e. The van der Waals surface area contributed by atoms with Gasteiger partial charge < -0.3 is 4.90 Å². The first-order valence-electron chi connectivity index (χ1n) is 7.58. The van der Waals surface area contributed by atoms with Gasteiger partial charge in [0.15, 0.2) is 0 Å². The van der Waals surface area contributed by atoms with E-state index in [-0.39, 0.29) is 18.2 Å². The summed E-state index contributed by atoms with van der Waals surface area (Å²) in [5.74, 6) is 0.212. The second kappa shape index (κ2) is 6.01. The average molecular weight is 324 g/mol. The number of anilines is 1. The zero-order valence-corrected chi connectivity index (χ0v) is 14.5. The van der Waals surface area contributed by atoms with Gasteiger partial charge in [-0.2, -0.15) is 0 Å². The Kier molecular flexibility index (Phi) is 4.63. The molecule has 0 atom stereocenters. The molecule has 1 amide bonds. The van der Waals surface area contributed by atoms with Crippen molar-refractivity contribution in [1.29, 1.82) is 0 Å². The Balaban J connectivity index is 2.17. The Morgan fingerprint density at radius 2 is 1.95 bits per heavy atom. The molecule has 0 aromatic heterocycles. The van der Waals surface area contributed by atoms with Crippen molar-refractivity contribution in [3.05, 3.63) is 29.3 Å². The molecule has 1 heterocycles. The Morgan fingerprint density at radius 1 is 1.27 bits per heavy atom. The van der Waals surface area contributed by atoms with Gasteiger partial charge in [0.2, 0.25) is 15.9 Å². The number of nitrogens with zero attached hydrogens (tertiary/aromatic N) is 1. The summed E-state index contributed by atoms with van der Waals surface area (Å²) in [5.41, 5.74) is 2.15. The highest BCUT2D eigenvalue weighted by atomic mass is 32.2. The van der Waals surface area contributed by atoms with E-state index >= 15 is 0 Å². The molecule has 1 aromatic rings. The van der Waals surface area contributed by atoms with Gasteiger partial charge in [-0.05, 0) is 37.5 Å². The molecule has 0 saturated heterocycles. The first-order valence-corrected chi connectivity index (χ1v) is 9.23. The summed E-state index contributed by atoms with van der Waals surface area (Å²) in [5, 5.41) is 0. The second-order valence-corrected chi connectivity index (χ2v) is 8.26. The molecule has 0 aliphatic carbocycles. The van der Waals surface area contributed by atoms with E-state index in [4.69, 9.17) is 0 Å². The van der Waals surface area contributed by atoms with E-state index in [9.17, 15) is 13.2 Å². The van der Waals surface area contributed by atoms with E-state index in [1.165, 1.54) is 0 Å². The standard InChI is InChI=1S/C16H24N2O3S/c1-5-6-9-22(20,21)17-11-12-7-8-14-13(10-12)16(2,3)15(19)18(14)4/h7-8,10,17H,5-6,9,11H2,1-4H3. The molecule has 0 fully saturated rings. The van der Waals surface area contributed by atoms with Crippen LogP contribution in [0.1, 0.15) is 44.7 Å². The number of unbranched alkanes of at least 4 members (excludes halogenated alkanes) is 1. The highest BCUT2D eigenvalue weighted by Crippen LogP contribution is 2.40. The van der Waals surface area contributed by atoms with Crippen molar-refractivity contribution in [2.24, 2.45) is 0 Å². The van der Waals surface area contributed by atoms with Crippen LogP contribution in [-0.4, -0.2) is 27.1 Å². The summed E-state index contributed by atoms with van der Waals surface area (Å²) in [6.07, 6.45) is 1.51. The number of carbonyl (C=O) groups is 1. The molecule has 5 nitrogen and oxygen atoms in total. The topological polar surface area (TPSA) is 66.5 Å². The van der Waals surface area contributed by atoms with Crippen LogP contribution < -0.4 is 9.62 Å². The summed E-state index contributed by atoms with van der Waals surface area (Å²) in [7, 11) is -1.47. The monoisotopic (exact) mass is 324 g/mol. The van der Waals surface area contributed by atoms with Crippen LogP contribution in [-0.2, 0) is 26.8 Å². The molecule has 22 heavy (non-hydrogen) atoms. The van der Waals surface area contributed by atoms with Crippen molar-refractivity contribution < 1.29 is 13.2 Å². The molecule has 1 N–H and O–H groups in total. The Morgan fingerprint density at radius 3 is 2.59 bits per heavy atom. The van der Waals surface area contributed by atoms with E-state index < -0.39 is 15.4 Å². The minimum absolute atomic E-state index is 0.0585. The predicted octanol–water partition coefficient (Wildman–Crippen LogP) is 2.16. The first-order chi connectivity index (χ1) is 10.2. The van der Waals surface area contributed by atoms with Gasteiger partial charge in [-0.15, -0.1) is 0 Å². The molecule has 122 valence electrons. The van der Waals surface area contributed by atoms with Crippen LogP contribution in [0.15, 0.2) is 18.2 Å². The Hall–Kier alpha value is -1.40. The molecule has 0 saturated carbocycles. The lowest BCUT2D eigenvalue weighted by Crippen LogP contribution is -2.33. The summed E-state index contributed by atoms with van der Waals surface area (Å²) in [6, 6.07) is 5.68. The molecule has 0 bridgehead atoms. The molecule has 1 aliphatic heterocycles. The quantitative estimate of drug-likeness (QED) is 0.872. The molecule has 0 unspecified atom stereocenters. The summed E-state index contributed by atoms with van der Waals surface area (Å²) in [6.45, 7) is 6.01. The lowest BCUT2D eigenvalue weighted by atomic mass is 9.85. The third kappa shape index (κ3) is 3.17. The number of rotatable bonds is 6. The fraction of sp³-hybridized carbons (Fsp3) is 0.562. The molecule has 0 spiro atoms. The van der Waals surface area contributed by atoms with Gasteiger partial charge in [0.05, 0.1) is 11.2 Å². The van der Waals surface area contributed by atoms with Crippen LogP contribution in [0.3, 0.4) is 0 Å². The molecule has 0 radical (unpaired) electrons. The van der Waals surface area contributed by atoms with Crippen molar-refractivity contribution in [1.82, 2.24) is 4.72 Å². The average Bonchev–Trinajstić information content (AvgIpc) is 2.64. The van der Waals surface area contributed by atoms with E-state index in [1.807, 2.05) is 39.0 Å². The minimum atomic E-state index is -3.23.